The Hall–Kier alpha value is -1.59. The second-order valence-electron chi connectivity index (χ2n) is 19.7. The quantitative estimate of drug-likeness (QED) is 0.0344. The smallest absolute Gasteiger partial charge is 0.306 e. The molecule has 0 amide bonds. The van der Waals surface area contributed by atoms with E-state index < -0.39 is 6.10 Å². The molecule has 0 aromatic carbocycles. The molecule has 0 spiro atoms. The highest BCUT2D eigenvalue weighted by Gasteiger charge is 2.19. The lowest BCUT2D eigenvalue weighted by molar-refractivity contribution is -0.167. The molecule has 0 N–H and O–H groups in total. The summed E-state index contributed by atoms with van der Waals surface area (Å²) in [5.41, 5.74) is 0. The van der Waals surface area contributed by atoms with Crippen molar-refractivity contribution in [3.63, 3.8) is 0 Å². The number of carbonyl (C=O) groups is 3. The maximum absolute atomic E-state index is 12.8. The molecule has 6 heteroatoms. The molecule has 0 aromatic rings. The van der Waals surface area contributed by atoms with Gasteiger partial charge >= 0.3 is 17.9 Å². The van der Waals surface area contributed by atoms with Gasteiger partial charge in [-0.1, -0.05) is 278 Å². The Morgan fingerprint density at radius 2 is 0.532 bits per heavy atom. The number of hydrogen-bond acceptors (Lipinski definition) is 6. The van der Waals surface area contributed by atoms with Crippen molar-refractivity contribution < 1.29 is 28.6 Å². The van der Waals surface area contributed by atoms with Gasteiger partial charge in [0.25, 0.3) is 0 Å². The molecule has 0 saturated heterocycles. The number of rotatable bonds is 51. The zero-order valence-electron chi connectivity index (χ0n) is 42.3. The van der Waals surface area contributed by atoms with Gasteiger partial charge in [0.1, 0.15) is 13.2 Å². The maximum Gasteiger partial charge on any atom is 0.306 e. The molecule has 0 fully saturated rings. The molecule has 0 bridgehead atoms. The van der Waals surface area contributed by atoms with Crippen LogP contribution in [0.3, 0.4) is 0 Å². The average Bonchev–Trinajstić information content (AvgIpc) is 3.26. The molecule has 0 aromatic heterocycles. The van der Waals surface area contributed by atoms with Crippen LogP contribution in [0.2, 0.25) is 0 Å². The molecule has 0 aliphatic carbocycles. The Kier molecular flexibility index (Phi) is 49.1. The summed E-state index contributed by atoms with van der Waals surface area (Å²) >= 11 is 0. The summed E-state index contributed by atoms with van der Waals surface area (Å²) in [6.07, 6.45) is 53.8. The highest BCUT2D eigenvalue weighted by Crippen LogP contribution is 2.18. The van der Waals surface area contributed by atoms with Crippen LogP contribution in [-0.4, -0.2) is 37.2 Å². The van der Waals surface area contributed by atoms with E-state index in [0.29, 0.717) is 19.3 Å². The van der Waals surface area contributed by atoms with Crippen LogP contribution in [0.5, 0.6) is 0 Å². The minimum atomic E-state index is -0.760. The van der Waals surface area contributed by atoms with E-state index in [1.54, 1.807) is 0 Å². The normalized spacial score (nSPS) is 12.0. The number of carbonyl (C=O) groups excluding carboxylic acids is 3. The number of esters is 3. The monoisotopic (exact) mass is 877 g/mol. The van der Waals surface area contributed by atoms with Gasteiger partial charge in [-0.25, -0.2) is 0 Å². The third kappa shape index (κ3) is 49.4. The molecular weight excluding hydrogens is 769 g/mol. The third-order valence-electron chi connectivity index (χ3n) is 12.8. The van der Waals surface area contributed by atoms with Crippen molar-refractivity contribution in [3.05, 3.63) is 0 Å². The highest BCUT2D eigenvalue weighted by atomic mass is 16.6. The lowest BCUT2D eigenvalue weighted by atomic mass is 10.0. The van der Waals surface area contributed by atoms with E-state index in [9.17, 15) is 14.4 Å². The maximum atomic E-state index is 12.8. The molecule has 0 radical (unpaired) electrons. The number of unbranched alkanes of at least 4 members (excludes halogenated alkanes) is 38. The first-order valence-electron chi connectivity index (χ1n) is 27.9. The van der Waals surface area contributed by atoms with E-state index >= 15 is 0 Å². The van der Waals surface area contributed by atoms with Gasteiger partial charge in [0.15, 0.2) is 6.10 Å². The molecule has 0 heterocycles. The fourth-order valence-electron chi connectivity index (χ4n) is 8.57. The SMILES string of the molecule is CCCCCCCCCCCCCCCC(=O)O[C@H](COC(=O)CCCCCCCCCCCC)COC(=O)CCCCCCCCCCCCCCCCCCCCC(C)C. The van der Waals surface area contributed by atoms with Crippen molar-refractivity contribution >= 4 is 17.9 Å². The Balaban J connectivity index is 4.19. The Morgan fingerprint density at radius 1 is 0.306 bits per heavy atom. The summed E-state index contributed by atoms with van der Waals surface area (Å²) in [6, 6.07) is 0. The van der Waals surface area contributed by atoms with Gasteiger partial charge in [0.2, 0.25) is 0 Å². The third-order valence-corrected chi connectivity index (χ3v) is 12.8. The van der Waals surface area contributed by atoms with Gasteiger partial charge in [-0.15, -0.1) is 0 Å². The Morgan fingerprint density at radius 3 is 0.790 bits per heavy atom. The fraction of sp³-hybridized carbons (Fsp3) is 0.946. The molecule has 1 atom stereocenters. The van der Waals surface area contributed by atoms with Crippen LogP contribution in [0, 0.1) is 5.92 Å². The summed E-state index contributed by atoms with van der Waals surface area (Å²) in [5.74, 6) is 0.0186. The van der Waals surface area contributed by atoms with Gasteiger partial charge < -0.3 is 14.2 Å². The Labute approximate surface area is 387 Å². The van der Waals surface area contributed by atoms with Crippen molar-refractivity contribution in [2.45, 2.75) is 323 Å². The van der Waals surface area contributed by atoms with Gasteiger partial charge in [-0.3, -0.25) is 14.4 Å². The van der Waals surface area contributed by atoms with E-state index in [2.05, 4.69) is 27.7 Å². The van der Waals surface area contributed by atoms with Gasteiger partial charge in [-0.05, 0) is 25.2 Å². The molecule has 0 rings (SSSR count). The minimum Gasteiger partial charge on any atom is -0.462 e. The van der Waals surface area contributed by atoms with Gasteiger partial charge in [-0.2, -0.15) is 0 Å². The molecular formula is C56H108O6. The largest absolute Gasteiger partial charge is 0.462 e. The van der Waals surface area contributed by atoms with Crippen molar-refractivity contribution in [1.29, 1.82) is 0 Å². The summed E-state index contributed by atoms with van der Waals surface area (Å²) < 4.78 is 16.8. The van der Waals surface area contributed by atoms with Crippen LogP contribution in [0.4, 0.5) is 0 Å². The molecule has 368 valence electrons. The standard InChI is InChI=1S/C56H108O6/c1-5-7-9-11-13-15-17-24-29-33-37-41-45-49-56(59)62-53(50-60-54(57)47-43-39-35-31-16-14-12-10-8-6-2)51-61-55(58)48-44-40-36-32-28-26-23-21-19-18-20-22-25-27-30-34-38-42-46-52(3)4/h52-53H,5-51H2,1-4H3/t53-/m1/s1. The van der Waals surface area contributed by atoms with Gasteiger partial charge in [0, 0.05) is 19.3 Å². The lowest BCUT2D eigenvalue weighted by Gasteiger charge is -2.18. The average molecular weight is 877 g/mol. The first-order chi connectivity index (χ1) is 30.4. The van der Waals surface area contributed by atoms with E-state index in [1.807, 2.05) is 0 Å². The predicted octanol–water partition coefficient (Wildman–Crippen LogP) is 18.2. The van der Waals surface area contributed by atoms with Crippen LogP contribution in [0.25, 0.3) is 0 Å². The molecule has 0 saturated carbocycles. The zero-order chi connectivity index (χ0) is 45.2. The molecule has 0 aliphatic rings. The second kappa shape index (κ2) is 50.4. The molecule has 0 aliphatic heterocycles. The fourth-order valence-corrected chi connectivity index (χ4v) is 8.57. The van der Waals surface area contributed by atoms with Crippen LogP contribution >= 0.6 is 0 Å². The molecule has 0 unspecified atom stereocenters. The highest BCUT2D eigenvalue weighted by molar-refractivity contribution is 5.71. The zero-order valence-corrected chi connectivity index (χ0v) is 42.3. The van der Waals surface area contributed by atoms with Crippen LogP contribution in [0.1, 0.15) is 317 Å². The van der Waals surface area contributed by atoms with Crippen molar-refractivity contribution in [2.24, 2.45) is 5.92 Å². The van der Waals surface area contributed by atoms with Crippen molar-refractivity contribution in [1.82, 2.24) is 0 Å². The Bertz CT molecular complexity index is 933. The van der Waals surface area contributed by atoms with Crippen LogP contribution in [-0.2, 0) is 28.6 Å². The van der Waals surface area contributed by atoms with E-state index in [4.69, 9.17) is 14.2 Å². The van der Waals surface area contributed by atoms with Crippen LogP contribution in [0.15, 0.2) is 0 Å². The molecule has 62 heavy (non-hydrogen) atoms. The first-order valence-corrected chi connectivity index (χ1v) is 27.9. The van der Waals surface area contributed by atoms with Crippen molar-refractivity contribution in [3.8, 4) is 0 Å². The lowest BCUT2D eigenvalue weighted by Crippen LogP contribution is -2.30. The summed E-state index contributed by atoms with van der Waals surface area (Å²) in [4.78, 5) is 38.0. The van der Waals surface area contributed by atoms with E-state index in [1.165, 1.54) is 212 Å². The summed E-state index contributed by atoms with van der Waals surface area (Å²) in [5, 5.41) is 0. The number of ether oxygens (including phenoxy) is 3. The summed E-state index contributed by atoms with van der Waals surface area (Å²) in [7, 11) is 0. The van der Waals surface area contributed by atoms with Gasteiger partial charge in [0.05, 0.1) is 0 Å². The molecule has 6 nitrogen and oxygen atoms in total. The topological polar surface area (TPSA) is 78.9 Å². The minimum absolute atomic E-state index is 0.0621. The van der Waals surface area contributed by atoms with Crippen LogP contribution < -0.4 is 0 Å². The predicted molar refractivity (Wildman–Crippen MR) is 266 cm³/mol. The van der Waals surface area contributed by atoms with E-state index in [0.717, 1.165) is 63.7 Å². The first kappa shape index (κ1) is 60.4. The van der Waals surface area contributed by atoms with E-state index in [-0.39, 0.29) is 31.1 Å². The number of hydrogen-bond donors (Lipinski definition) is 0. The summed E-state index contributed by atoms with van der Waals surface area (Å²) in [6.45, 7) is 9.05. The second-order valence-corrected chi connectivity index (χ2v) is 19.7. The van der Waals surface area contributed by atoms with Crippen molar-refractivity contribution in [2.75, 3.05) is 13.2 Å².